The Balaban J connectivity index is 3.04. The fourth-order valence-corrected chi connectivity index (χ4v) is 1.02. The Morgan fingerprint density at radius 3 is 2.67 bits per heavy atom. The Bertz CT molecular complexity index is 290. The Morgan fingerprint density at radius 1 is 1.50 bits per heavy atom. The summed E-state index contributed by atoms with van der Waals surface area (Å²) in [4.78, 5) is 10.9. The van der Waals surface area contributed by atoms with E-state index in [1.807, 2.05) is 0 Å². The van der Waals surface area contributed by atoms with Gasteiger partial charge < -0.3 is 5.11 Å². The minimum absolute atomic E-state index is 0.0255. The van der Waals surface area contributed by atoms with Crippen molar-refractivity contribution in [2.24, 2.45) is 0 Å². The van der Waals surface area contributed by atoms with E-state index in [4.69, 9.17) is 0 Å². The molecule has 1 unspecified atom stereocenters. The Labute approximate surface area is 71.8 Å². The van der Waals surface area contributed by atoms with Crippen molar-refractivity contribution in [2.45, 2.75) is 20.0 Å². The van der Waals surface area contributed by atoms with Crippen LogP contribution in [0.4, 0.5) is 0 Å². The average Bonchev–Trinajstić information content (AvgIpc) is 2.04. The van der Waals surface area contributed by atoms with Gasteiger partial charge in [-0.25, -0.2) is 0 Å². The molecule has 0 aliphatic heterocycles. The van der Waals surface area contributed by atoms with Gasteiger partial charge in [-0.1, -0.05) is 18.2 Å². The Morgan fingerprint density at radius 2 is 2.17 bits per heavy atom. The second kappa shape index (κ2) is 3.50. The number of carbonyl (C=O) groups excluding carboxylic acids is 1. The number of hydrogen-bond acceptors (Lipinski definition) is 2. The lowest BCUT2D eigenvalue weighted by Gasteiger charge is -2.04. The predicted molar refractivity (Wildman–Crippen MR) is 47.1 cm³/mol. The maximum atomic E-state index is 10.9. The molecule has 0 aromatic heterocycles. The van der Waals surface area contributed by atoms with Gasteiger partial charge in [0.15, 0.2) is 5.78 Å². The van der Waals surface area contributed by atoms with E-state index < -0.39 is 6.10 Å². The molecule has 0 bridgehead atoms. The lowest BCUT2D eigenvalue weighted by atomic mass is 10.1. The van der Waals surface area contributed by atoms with Gasteiger partial charge in [-0.15, -0.1) is 0 Å². The van der Waals surface area contributed by atoms with Gasteiger partial charge in [0, 0.05) is 5.56 Å². The van der Waals surface area contributed by atoms with Crippen LogP contribution in [0, 0.1) is 0 Å². The molecule has 0 fully saturated rings. The van der Waals surface area contributed by atoms with E-state index in [-0.39, 0.29) is 5.78 Å². The summed E-state index contributed by atoms with van der Waals surface area (Å²) in [6, 6.07) is 7.04. The van der Waals surface area contributed by atoms with Crippen LogP contribution >= 0.6 is 0 Å². The highest BCUT2D eigenvalue weighted by molar-refractivity contribution is 5.94. The fourth-order valence-electron chi connectivity index (χ4n) is 1.02. The number of rotatable bonds is 2. The van der Waals surface area contributed by atoms with E-state index in [1.54, 1.807) is 31.2 Å². The highest BCUT2D eigenvalue weighted by Crippen LogP contribution is 2.13. The topological polar surface area (TPSA) is 37.3 Å². The predicted octanol–water partition coefficient (Wildman–Crippen LogP) is 1.94. The first kappa shape index (κ1) is 8.94. The first-order valence-corrected chi connectivity index (χ1v) is 3.90. The Hall–Kier alpha value is -1.15. The molecule has 2 heteroatoms. The molecule has 1 atom stereocenters. The van der Waals surface area contributed by atoms with Crippen LogP contribution in [-0.2, 0) is 0 Å². The molecule has 0 amide bonds. The van der Waals surface area contributed by atoms with Gasteiger partial charge in [-0.3, -0.25) is 4.79 Å². The Kier molecular flexibility index (Phi) is 2.61. The van der Waals surface area contributed by atoms with Gasteiger partial charge in [0.1, 0.15) is 0 Å². The summed E-state index contributed by atoms with van der Waals surface area (Å²) < 4.78 is 0. The van der Waals surface area contributed by atoms with Crippen LogP contribution < -0.4 is 0 Å². The van der Waals surface area contributed by atoms with Crippen LogP contribution in [0.15, 0.2) is 24.3 Å². The van der Waals surface area contributed by atoms with E-state index in [1.165, 1.54) is 6.92 Å². The monoisotopic (exact) mass is 164 g/mol. The van der Waals surface area contributed by atoms with Crippen molar-refractivity contribution in [3.8, 4) is 0 Å². The van der Waals surface area contributed by atoms with E-state index in [0.717, 1.165) is 5.56 Å². The van der Waals surface area contributed by atoms with Crippen LogP contribution in [0.25, 0.3) is 0 Å². The zero-order chi connectivity index (χ0) is 9.14. The molecule has 0 aliphatic rings. The van der Waals surface area contributed by atoms with Gasteiger partial charge in [-0.05, 0) is 25.5 Å². The molecule has 64 valence electrons. The molecule has 0 saturated heterocycles. The maximum absolute atomic E-state index is 10.9. The summed E-state index contributed by atoms with van der Waals surface area (Å²) in [7, 11) is 0. The number of benzene rings is 1. The molecule has 0 saturated carbocycles. The average molecular weight is 164 g/mol. The zero-order valence-electron chi connectivity index (χ0n) is 7.24. The van der Waals surface area contributed by atoms with Crippen molar-refractivity contribution >= 4 is 5.78 Å². The molecule has 0 spiro atoms. The minimum Gasteiger partial charge on any atom is -0.389 e. The lowest BCUT2D eigenvalue weighted by Crippen LogP contribution is -1.96. The van der Waals surface area contributed by atoms with Gasteiger partial charge in [0.25, 0.3) is 0 Å². The van der Waals surface area contributed by atoms with Crippen LogP contribution in [0.1, 0.15) is 35.9 Å². The fraction of sp³-hybridized carbons (Fsp3) is 0.300. The second-order valence-corrected chi connectivity index (χ2v) is 2.86. The van der Waals surface area contributed by atoms with E-state index in [9.17, 15) is 9.90 Å². The van der Waals surface area contributed by atoms with Crippen molar-refractivity contribution in [2.75, 3.05) is 0 Å². The molecule has 0 aliphatic carbocycles. The highest BCUT2D eigenvalue weighted by Gasteiger charge is 2.03. The van der Waals surface area contributed by atoms with Gasteiger partial charge in [0.2, 0.25) is 0 Å². The molecule has 0 heterocycles. The van der Waals surface area contributed by atoms with Crippen molar-refractivity contribution in [1.29, 1.82) is 0 Å². The number of aliphatic hydroxyl groups is 1. The number of carbonyl (C=O) groups is 1. The van der Waals surface area contributed by atoms with Gasteiger partial charge in [-0.2, -0.15) is 0 Å². The van der Waals surface area contributed by atoms with Gasteiger partial charge in [0.05, 0.1) is 6.10 Å². The maximum Gasteiger partial charge on any atom is 0.159 e. The summed E-state index contributed by atoms with van der Waals surface area (Å²) in [5.74, 6) is 0.0255. The first-order valence-electron chi connectivity index (χ1n) is 3.90. The number of Topliss-reactive ketones (excluding diaryl/α,β-unsaturated/α-hetero) is 1. The van der Waals surface area contributed by atoms with E-state index in [0.29, 0.717) is 5.56 Å². The van der Waals surface area contributed by atoms with E-state index in [2.05, 4.69) is 0 Å². The summed E-state index contributed by atoms with van der Waals surface area (Å²) in [6.07, 6.45) is -0.510. The van der Waals surface area contributed by atoms with Crippen LogP contribution in [0.2, 0.25) is 0 Å². The molecule has 2 nitrogen and oxygen atoms in total. The largest absolute Gasteiger partial charge is 0.389 e. The third-order valence-electron chi connectivity index (χ3n) is 1.78. The van der Waals surface area contributed by atoms with Crippen molar-refractivity contribution in [3.05, 3.63) is 35.4 Å². The second-order valence-electron chi connectivity index (χ2n) is 2.86. The van der Waals surface area contributed by atoms with Gasteiger partial charge >= 0.3 is 0 Å². The standard InChI is InChI=1S/C10H12O2/c1-7(11)9-4-3-5-10(6-9)8(2)12/h3-7,11H,1-2H3. The van der Waals surface area contributed by atoms with Crippen LogP contribution in [-0.4, -0.2) is 10.9 Å². The quantitative estimate of drug-likeness (QED) is 0.678. The summed E-state index contributed by atoms with van der Waals surface area (Å²) in [5.41, 5.74) is 1.43. The zero-order valence-corrected chi connectivity index (χ0v) is 7.24. The first-order chi connectivity index (χ1) is 5.61. The molecule has 1 aromatic rings. The molecule has 0 radical (unpaired) electrons. The number of aliphatic hydroxyl groups excluding tert-OH is 1. The van der Waals surface area contributed by atoms with Crippen molar-refractivity contribution in [3.63, 3.8) is 0 Å². The molecular weight excluding hydrogens is 152 g/mol. The SMILES string of the molecule is CC(=O)c1cccc(C(C)O)c1. The van der Waals surface area contributed by atoms with Crippen LogP contribution in [0.5, 0.6) is 0 Å². The molecule has 1 N–H and O–H groups in total. The lowest BCUT2D eigenvalue weighted by molar-refractivity contribution is 0.101. The molecular formula is C10H12O2. The molecule has 1 rings (SSSR count). The third-order valence-corrected chi connectivity index (χ3v) is 1.78. The third kappa shape index (κ3) is 1.92. The number of ketones is 1. The molecule has 1 aromatic carbocycles. The normalized spacial score (nSPS) is 12.6. The van der Waals surface area contributed by atoms with Crippen LogP contribution in [0.3, 0.4) is 0 Å². The minimum atomic E-state index is -0.510. The summed E-state index contributed by atoms with van der Waals surface area (Å²) in [6.45, 7) is 3.19. The summed E-state index contributed by atoms with van der Waals surface area (Å²) in [5, 5.41) is 9.22. The summed E-state index contributed by atoms with van der Waals surface area (Å²) >= 11 is 0. The van der Waals surface area contributed by atoms with E-state index >= 15 is 0 Å². The van der Waals surface area contributed by atoms with Crippen molar-refractivity contribution in [1.82, 2.24) is 0 Å². The number of hydrogen-bond donors (Lipinski definition) is 1. The highest BCUT2D eigenvalue weighted by atomic mass is 16.3. The molecule has 12 heavy (non-hydrogen) atoms. The van der Waals surface area contributed by atoms with Crippen molar-refractivity contribution < 1.29 is 9.90 Å². The smallest absolute Gasteiger partial charge is 0.159 e.